The molecule has 0 spiro atoms. The number of hydrogen-bond donors (Lipinski definition) is 1. The third kappa shape index (κ3) is 2.45. The van der Waals surface area contributed by atoms with Gasteiger partial charge in [0.25, 0.3) is 11.5 Å². The van der Waals surface area contributed by atoms with Gasteiger partial charge in [-0.25, -0.2) is 0 Å². The van der Waals surface area contributed by atoms with E-state index in [9.17, 15) is 9.59 Å². The molecule has 0 unspecified atom stereocenters. The zero-order valence-electron chi connectivity index (χ0n) is 16.2. The third-order valence-electron chi connectivity index (χ3n) is 5.31. The molecule has 1 saturated heterocycles. The highest BCUT2D eigenvalue weighted by Gasteiger charge is 2.37. The Morgan fingerprint density at radius 1 is 1.26 bits per heavy atom. The molecule has 1 aliphatic heterocycles. The lowest BCUT2D eigenvalue weighted by Gasteiger charge is -2.38. The smallest absolute Gasteiger partial charge is 0.272 e. The molecule has 0 bridgehead atoms. The summed E-state index contributed by atoms with van der Waals surface area (Å²) in [6, 6.07) is 5.93. The highest BCUT2D eigenvalue weighted by Crippen LogP contribution is 2.35. The molecule has 2 aromatic heterocycles. The summed E-state index contributed by atoms with van der Waals surface area (Å²) >= 11 is 0. The summed E-state index contributed by atoms with van der Waals surface area (Å²) in [5.74, 6) is 0.0251. The zero-order valence-corrected chi connectivity index (χ0v) is 16.2. The Bertz CT molecular complexity index is 1150. The lowest BCUT2D eigenvalue weighted by molar-refractivity contribution is -0.0594. The predicted octanol–water partition coefficient (Wildman–Crippen LogP) is 1.87. The Morgan fingerprint density at radius 3 is 2.56 bits per heavy atom. The molecule has 3 heterocycles. The molecule has 7 nitrogen and oxygen atoms in total. The molecule has 1 aromatic carbocycles. The van der Waals surface area contributed by atoms with E-state index in [1.165, 1.54) is 7.11 Å². The van der Waals surface area contributed by atoms with Crippen molar-refractivity contribution in [3.63, 3.8) is 0 Å². The first-order chi connectivity index (χ1) is 12.8. The number of carbonyl (C=O) groups is 1. The minimum Gasteiger partial charge on any atom is -0.493 e. The van der Waals surface area contributed by atoms with Gasteiger partial charge in [0.1, 0.15) is 5.39 Å². The summed E-state index contributed by atoms with van der Waals surface area (Å²) in [4.78, 5) is 26.1. The molecule has 1 amide bonds. The van der Waals surface area contributed by atoms with Crippen LogP contribution in [0.5, 0.6) is 5.75 Å². The molecule has 7 heteroatoms. The minimum atomic E-state index is -0.401. The number of aromatic nitrogens is 2. The van der Waals surface area contributed by atoms with Crippen LogP contribution in [-0.2, 0) is 18.8 Å². The Balaban J connectivity index is 2.06. The molecule has 1 aliphatic rings. The first-order valence-electron chi connectivity index (χ1n) is 8.83. The lowest BCUT2D eigenvalue weighted by Crippen LogP contribution is -2.60. The predicted molar refractivity (Wildman–Crippen MR) is 104 cm³/mol. The fraction of sp³-hybridized carbons (Fsp3) is 0.400. The van der Waals surface area contributed by atoms with Gasteiger partial charge in [-0.15, -0.1) is 0 Å². The van der Waals surface area contributed by atoms with Crippen molar-refractivity contribution >= 4 is 27.7 Å². The van der Waals surface area contributed by atoms with E-state index in [-0.39, 0.29) is 11.5 Å². The summed E-state index contributed by atoms with van der Waals surface area (Å²) in [7, 11) is 5.01. The van der Waals surface area contributed by atoms with Crippen LogP contribution in [0.4, 0.5) is 0 Å². The summed E-state index contributed by atoms with van der Waals surface area (Å²) in [5.41, 5.74) is 2.34. The Kier molecular flexibility index (Phi) is 3.82. The zero-order chi connectivity index (χ0) is 19.5. The van der Waals surface area contributed by atoms with Crippen LogP contribution in [0, 0.1) is 6.92 Å². The SMILES string of the molecule is COc1c(C(=O)NC2(C)COC2)n(C)c2c1c(=O)n(C)c1ccc(C)cc21. The normalized spacial score (nSPS) is 15.7. The van der Waals surface area contributed by atoms with Crippen molar-refractivity contribution in [2.45, 2.75) is 19.4 Å². The van der Waals surface area contributed by atoms with E-state index >= 15 is 0 Å². The minimum absolute atomic E-state index is 0.189. The van der Waals surface area contributed by atoms with Crippen molar-refractivity contribution in [1.29, 1.82) is 0 Å². The van der Waals surface area contributed by atoms with Crippen molar-refractivity contribution in [2.75, 3.05) is 20.3 Å². The van der Waals surface area contributed by atoms with E-state index in [1.807, 2.05) is 32.0 Å². The molecular formula is C20H23N3O4. The van der Waals surface area contributed by atoms with Gasteiger partial charge in [-0.05, 0) is 26.0 Å². The van der Waals surface area contributed by atoms with Crippen LogP contribution in [0.1, 0.15) is 23.0 Å². The topological polar surface area (TPSA) is 74.5 Å². The number of nitrogens with zero attached hydrogens (tertiary/aromatic N) is 2. The number of methoxy groups -OCH3 is 1. The van der Waals surface area contributed by atoms with Gasteiger partial charge in [-0.2, -0.15) is 0 Å². The van der Waals surface area contributed by atoms with Gasteiger partial charge in [0.2, 0.25) is 0 Å². The molecule has 0 aliphatic carbocycles. The van der Waals surface area contributed by atoms with Crippen LogP contribution in [0.3, 0.4) is 0 Å². The maximum absolute atomic E-state index is 13.1. The fourth-order valence-corrected chi connectivity index (χ4v) is 3.85. The summed E-state index contributed by atoms with van der Waals surface area (Å²) < 4.78 is 14.1. The number of benzene rings is 1. The largest absolute Gasteiger partial charge is 0.493 e. The van der Waals surface area contributed by atoms with Crippen LogP contribution < -0.4 is 15.6 Å². The fourth-order valence-electron chi connectivity index (χ4n) is 3.85. The van der Waals surface area contributed by atoms with Gasteiger partial charge in [0.15, 0.2) is 11.4 Å². The van der Waals surface area contributed by atoms with Gasteiger partial charge >= 0.3 is 0 Å². The van der Waals surface area contributed by atoms with Crippen molar-refractivity contribution < 1.29 is 14.3 Å². The molecule has 27 heavy (non-hydrogen) atoms. The molecule has 1 fully saturated rings. The van der Waals surface area contributed by atoms with Crippen LogP contribution in [0.15, 0.2) is 23.0 Å². The standard InChI is InChI=1S/C20H23N3O4/c1-11-6-7-13-12(8-11)15-14(19(25)22(13)3)17(26-5)16(23(15)4)18(24)21-20(2)9-27-10-20/h6-8H,9-10H2,1-5H3,(H,21,24). The quantitative estimate of drug-likeness (QED) is 0.765. The maximum Gasteiger partial charge on any atom is 0.272 e. The number of nitrogens with one attached hydrogen (secondary N) is 1. The maximum atomic E-state index is 13.1. The number of ether oxygens (including phenoxy) is 2. The molecule has 0 saturated carbocycles. The van der Waals surface area contributed by atoms with Crippen molar-refractivity contribution in [3.8, 4) is 5.75 Å². The van der Waals surface area contributed by atoms with E-state index in [2.05, 4.69) is 5.32 Å². The second-order valence-electron chi connectivity index (χ2n) is 7.56. The Hall–Kier alpha value is -2.80. The summed E-state index contributed by atoms with van der Waals surface area (Å²) in [6.45, 7) is 4.87. The van der Waals surface area contributed by atoms with Crippen LogP contribution >= 0.6 is 0 Å². The Morgan fingerprint density at radius 2 is 1.96 bits per heavy atom. The highest BCUT2D eigenvalue weighted by atomic mass is 16.5. The molecular weight excluding hydrogens is 346 g/mol. The van der Waals surface area contributed by atoms with Crippen LogP contribution in [0.2, 0.25) is 0 Å². The number of rotatable bonds is 3. The first kappa shape index (κ1) is 17.6. The van der Waals surface area contributed by atoms with Crippen molar-refractivity contribution in [2.24, 2.45) is 14.1 Å². The molecule has 142 valence electrons. The lowest BCUT2D eigenvalue weighted by atomic mass is 10.0. The number of pyridine rings is 1. The highest BCUT2D eigenvalue weighted by molar-refractivity contribution is 6.12. The number of carbonyl (C=O) groups excluding carboxylic acids is 1. The average Bonchev–Trinajstić information content (AvgIpc) is 2.90. The van der Waals surface area contributed by atoms with E-state index in [0.29, 0.717) is 35.6 Å². The molecule has 0 atom stereocenters. The number of hydrogen-bond acceptors (Lipinski definition) is 4. The molecule has 4 rings (SSSR count). The Labute approximate surface area is 156 Å². The van der Waals surface area contributed by atoms with Crippen LogP contribution in [0.25, 0.3) is 21.8 Å². The van der Waals surface area contributed by atoms with Gasteiger partial charge in [0.05, 0.1) is 36.9 Å². The van der Waals surface area contributed by atoms with Gasteiger partial charge < -0.3 is 23.9 Å². The number of amides is 1. The second-order valence-corrected chi connectivity index (χ2v) is 7.56. The number of aryl methyl sites for hydroxylation is 3. The first-order valence-corrected chi connectivity index (χ1v) is 8.83. The van der Waals surface area contributed by atoms with Crippen molar-refractivity contribution in [3.05, 3.63) is 39.8 Å². The van der Waals surface area contributed by atoms with Gasteiger partial charge in [0, 0.05) is 19.5 Å². The summed E-state index contributed by atoms with van der Waals surface area (Å²) in [6.07, 6.45) is 0. The summed E-state index contributed by atoms with van der Waals surface area (Å²) in [5, 5.41) is 4.33. The third-order valence-corrected chi connectivity index (χ3v) is 5.31. The monoisotopic (exact) mass is 369 g/mol. The average molecular weight is 369 g/mol. The van der Waals surface area contributed by atoms with E-state index in [1.54, 1.807) is 23.2 Å². The number of fused-ring (bicyclic) bond motifs is 3. The van der Waals surface area contributed by atoms with Gasteiger partial charge in [-0.3, -0.25) is 9.59 Å². The van der Waals surface area contributed by atoms with Crippen molar-refractivity contribution in [1.82, 2.24) is 14.5 Å². The molecule has 1 N–H and O–H groups in total. The van der Waals surface area contributed by atoms with Gasteiger partial charge in [-0.1, -0.05) is 11.6 Å². The molecule has 0 radical (unpaired) electrons. The van der Waals surface area contributed by atoms with E-state index in [4.69, 9.17) is 9.47 Å². The second kappa shape index (κ2) is 5.85. The van der Waals surface area contributed by atoms with E-state index in [0.717, 1.165) is 16.5 Å². The van der Waals surface area contributed by atoms with Crippen LogP contribution in [-0.4, -0.2) is 40.9 Å². The molecule has 3 aromatic rings. The van der Waals surface area contributed by atoms with E-state index < -0.39 is 5.54 Å².